The van der Waals surface area contributed by atoms with Crippen LogP contribution in [0.15, 0.2) is 36.5 Å². The topological polar surface area (TPSA) is 79.4 Å². The third kappa shape index (κ3) is 2.74. The second kappa shape index (κ2) is 6.87. The van der Waals surface area contributed by atoms with Gasteiger partial charge in [0.05, 0.1) is 11.8 Å². The molecule has 2 aliphatic carbocycles. The Hall–Kier alpha value is -2.15. The van der Waals surface area contributed by atoms with Crippen molar-refractivity contribution in [2.75, 3.05) is 17.3 Å². The highest BCUT2D eigenvalue weighted by molar-refractivity contribution is 7.98. The van der Waals surface area contributed by atoms with E-state index in [1.54, 1.807) is 36.2 Å². The van der Waals surface area contributed by atoms with Gasteiger partial charge in [0, 0.05) is 6.20 Å². The zero-order valence-electron chi connectivity index (χ0n) is 14.5. The van der Waals surface area contributed by atoms with E-state index in [2.05, 4.69) is 22.5 Å². The molecule has 2 fully saturated rings. The maximum atomic E-state index is 13.0. The molecule has 3 amide bonds. The van der Waals surface area contributed by atoms with E-state index in [-0.39, 0.29) is 41.4 Å². The van der Waals surface area contributed by atoms with Gasteiger partial charge in [0.1, 0.15) is 11.9 Å². The summed E-state index contributed by atoms with van der Waals surface area (Å²) in [6.07, 6.45) is 8.99. The molecule has 6 nitrogen and oxygen atoms in total. The summed E-state index contributed by atoms with van der Waals surface area (Å²) in [6, 6.07) is 4.45. The monoisotopic (exact) mass is 371 g/mol. The van der Waals surface area contributed by atoms with Crippen LogP contribution in [0.1, 0.15) is 12.8 Å². The molecule has 26 heavy (non-hydrogen) atoms. The highest BCUT2D eigenvalue weighted by atomic mass is 32.2. The molecule has 0 radical (unpaired) electrons. The van der Waals surface area contributed by atoms with E-state index in [0.717, 1.165) is 6.42 Å². The molecule has 2 heterocycles. The van der Waals surface area contributed by atoms with Gasteiger partial charge in [0.2, 0.25) is 17.7 Å². The van der Waals surface area contributed by atoms with Crippen LogP contribution in [-0.4, -0.2) is 45.7 Å². The van der Waals surface area contributed by atoms with Crippen LogP contribution in [0.4, 0.5) is 5.82 Å². The van der Waals surface area contributed by atoms with Crippen LogP contribution in [0.5, 0.6) is 0 Å². The maximum Gasteiger partial charge on any atom is 0.248 e. The lowest BCUT2D eigenvalue weighted by atomic mass is 9.85. The first-order valence-corrected chi connectivity index (χ1v) is 10.3. The van der Waals surface area contributed by atoms with Crippen LogP contribution in [0.25, 0.3) is 0 Å². The number of carbonyl (C=O) groups excluding carboxylic acids is 3. The number of thioether (sulfide) groups is 1. The maximum absolute atomic E-state index is 13.0. The van der Waals surface area contributed by atoms with Crippen molar-refractivity contribution in [1.29, 1.82) is 0 Å². The molecule has 5 atom stereocenters. The molecule has 1 aromatic heterocycles. The third-order valence-electron chi connectivity index (χ3n) is 5.63. The Balaban J connectivity index is 1.57. The first-order chi connectivity index (χ1) is 12.6. The van der Waals surface area contributed by atoms with Crippen molar-refractivity contribution in [1.82, 2.24) is 9.88 Å². The second-order valence-corrected chi connectivity index (χ2v) is 8.03. The lowest BCUT2D eigenvalue weighted by molar-refractivity contribution is -0.147. The fraction of sp³-hybridized carbons (Fsp3) is 0.474. The number of fused-ring (bicyclic) bond motifs is 5. The number of likely N-dealkylation sites (tertiary alicyclic amines) is 1. The van der Waals surface area contributed by atoms with Crippen molar-refractivity contribution in [3.05, 3.63) is 36.5 Å². The van der Waals surface area contributed by atoms with E-state index >= 15 is 0 Å². The van der Waals surface area contributed by atoms with Gasteiger partial charge in [-0.05, 0) is 48.8 Å². The standard InChI is InChI=1S/C19H21N3O3S/c1-26-9-7-13(17(23)21-14-4-2-3-8-20-14)22-18(24)15-11-5-6-12(10-11)16(15)19(22)25/h2-6,8,11-13,15-16H,7,9-10H2,1H3,(H,20,21,23). The van der Waals surface area contributed by atoms with Gasteiger partial charge in [-0.1, -0.05) is 18.2 Å². The summed E-state index contributed by atoms with van der Waals surface area (Å²) in [5, 5.41) is 2.75. The summed E-state index contributed by atoms with van der Waals surface area (Å²) in [7, 11) is 0. The van der Waals surface area contributed by atoms with E-state index < -0.39 is 6.04 Å². The Morgan fingerprint density at radius 2 is 1.96 bits per heavy atom. The average Bonchev–Trinajstić information content (AvgIpc) is 3.32. The smallest absolute Gasteiger partial charge is 0.248 e. The van der Waals surface area contributed by atoms with Crippen LogP contribution >= 0.6 is 11.8 Å². The Morgan fingerprint density at radius 1 is 1.27 bits per heavy atom. The number of anilines is 1. The molecule has 5 unspecified atom stereocenters. The van der Waals surface area contributed by atoms with Crippen molar-refractivity contribution < 1.29 is 14.4 Å². The predicted octanol–water partition coefficient (Wildman–Crippen LogP) is 1.95. The van der Waals surface area contributed by atoms with Gasteiger partial charge in [0.15, 0.2) is 0 Å². The number of aromatic nitrogens is 1. The molecule has 1 N–H and O–H groups in total. The minimum absolute atomic E-state index is 0.145. The van der Waals surface area contributed by atoms with Crippen molar-refractivity contribution in [2.45, 2.75) is 18.9 Å². The Kier molecular flexibility index (Phi) is 4.56. The number of carbonyl (C=O) groups is 3. The van der Waals surface area contributed by atoms with Gasteiger partial charge >= 0.3 is 0 Å². The number of allylic oxidation sites excluding steroid dienone is 2. The quantitative estimate of drug-likeness (QED) is 0.611. The average molecular weight is 371 g/mol. The van der Waals surface area contributed by atoms with E-state index in [0.29, 0.717) is 18.0 Å². The van der Waals surface area contributed by atoms with Crippen LogP contribution in [0.3, 0.4) is 0 Å². The summed E-state index contributed by atoms with van der Waals surface area (Å²) in [5.41, 5.74) is 0. The molecule has 136 valence electrons. The summed E-state index contributed by atoms with van der Waals surface area (Å²) < 4.78 is 0. The largest absolute Gasteiger partial charge is 0.309 e. The van der Waals surface area contributed by atoms with Gasteiger partial charge in [-0.15, -0.1) is 0 Å². The van der Waals surface area contributed by atoms with E-state index in [9.17, 15) is 14.4 Å². The summed E-state index contributed by atoms with van der Waals surface area (Å²) in [6.45, 7) is 0. The van der Waals surface area contributed by atoms with Crippen LogP contribution in [0, 0.1) is 23.7 Å². The SMILES string of the molecule is CSCCC(C(=O)Nc1ccccn1)N1C(=O)C2C3C=CC(C3)C2C1=O. The molecule has 1 saturated carbocycles. The van der Waals surface area contributed by atoms with Gasteiger partial charge in [-0.2, -0.15) is 11.8 Å². The number of rotatable bonds is 6. The zero-order valence-corrected chi connectivity index (χ0v) is 15.3. The van der Waals surface area contributed by atoms with E-state index in [1.165, 1.54) is 4.90 Å². The number of hydrogen-bond acceptors (Lipinski definition) is 5. The van der Waals surface area contributed by atoms with Crippen LogP contribution in [0.2, 0.25) is 0 Å². The first-order valence-electron chi connectivity index (χ1n) is 8.88. The molecule has 1 aromatic rings. The van der Waals surface area contributed by atoms with E-state index in [1.807, 2.05) is 6.26 Å². The van der Waals surface area contributed by atoms with Crippen LogP contribution < -0.4 is 5.32 Å². The van der Waals surface area contributed by atoms with Crippen molar-refractivity contribution in [3.8, 4) is 0 Å². The lowest BCUT2D eigenvalue weighted by Crippen LogP contribution is -2.48. The van der Waals surface area contributed by atoms with E-state index in [4.69, 9.17) is 0 Å². The molecule has 2 bridgehead atoms. The Morgan fingerprint density at radius 3 is 2.54 bits per heavy atom. The fourth-order valence-corrected chi connectivity index (χ4v) is 4.94. The molecular weight excluding hydrogens is 350 g/mol. The highest BCUT2D eigenvalue weighted by Crippen LogP contribution is 2.53. The van der Waals surface area contributed by atoms with Crippen molar-refractivity contribution in [2.24, 2.45) is 23.7 Å². The molecule has 3 aliphatic rings. The van der Waals surface area contributed by atoms with Crippen molar-refractivity contribution in [3.63, 3.8) is 0 Å². The molecular formula is C19H21N3O3S. The summed E-state index contributed by atoms with van der Waals surface area (Å²) >= 11 is 1.59. The molecule has 7 heteroatoms. The lowest BCUT2D eigenvalue weighted by Gasteiger charge is -2.26. The highest BCUT2D eigenvalue weighted by Gasteiger charge is 2.60. The van der Waals surface area contributed by atoms with Gasteiger partial charge in [-0.25, -0.2) is 4.98 Å². The Labute approximate surface area is 156 Å². The number of nitrogens with one attached hydrogen (secondary N) is 1. The number of nitrogens with zero attached hydrogens (tertiary/aromatic N) is 2. The first kappa shape index (κ1) is 17.3. The second-order valence-electron chi connectivity index (χ2n) is 7.05. The van der Waals surface area contributed by atoms with Crippen molar-refractivity contribution >= 4 is 35.3 Å². The van der Waals surface area contributed by atoms with Gasteiger partial charge < -0.3 is 5.32 Å². The summed E-state index contributed by atoms with van der Waals surface area (Å²) in [4.78, 5) is 44.3. The number of imide groups is 1. The molecule has 1 aliphatic heterocycles. The number of amides is 3. The predicted molar refractivity (Wildman–Crippen MR) is 99.2 cm³/mol. The van der Waals surface area contributed by atoms with Crippen LogP contribution in [-0.2, 0) is 14.4 Å². The number of pyridine rings is 1. The fourth-order valence-electron chi connectivity index (χ4n) is 4.49. The zero-order chi connectivity index (χ0) is 18.3. The molecule has 1 saturated heterocycles. The Bertz CT molecular complexity index is 737. The van der Waals surface area contributed by atoms with Gasteiger partial charge in [0.25, 0.3) is 0 Å². The minimum Gasteiger partial charge on any atom is -0.309 e. The molecule has 4 rings (SSSR count). The number of hydrogen-bond donors (Lipinski definition) is 1. The minimum atomic E-state index is -0.783. The molecule has 0 spiro atoms. The normalized spacial score (nSPS) is 30.0. The summed E-state index contributed by atoms with van der Waals surface area (Å²) in [5.74, 6) is 0.134. The molecule has 0 aromatic carbocycles. The van der Waals surface area contributed by atoms with Gasteiger partial charge in [-0.3, -0.25) is 19.3 Å². The third-order valence-corrected chi connectivity index (χ3v) is 6.27.